The van der Waals surface area contributed by atoms with Crippen molar-refractivity contribution in [2.24, 2.45) is 0 Å². The first-order valence-corrected chi connectivity index (χ1v) is 15.6. The smallest absolute Gasteiger partial charge is 0.137 e. The first-order chi connectivity index (χ1) is 22.8. The van der Waals surface area contributed by atoms with Gasteiger partial charge in [-0.25, -0.2) is 0 Å². The van der Waals surface area contributed by atoms with E-state index in [9.17, 15) is 0 Å². The highest BCUT2D eigenvalue weighted by atomic mass is 16.3. The summed E-state index contributed by atoms with van der Waals surface area (Å²) in [6.07, 6.45) is 0. The molecular formula is C42H24N2O2. The van der Waals surface area contributed by atoms with E-state index < -0.39 is 0 Å². The first-order valence-electron chi connectivity index (χ1n) is 15.6. The predicted octanol–water partition coefficient (Wildman–Crippen LogP) is 11.7. The molecule has 11 aromatic rings. The highest BCUT2D eigenvalue weighted by Crippen LogP contribution is 2.41. The lowest BCUT2D eigenvalue weighted by atomic mass is 10.1. The van der Waals surface area contributed by atoms with E-state index in [1.165, 1.54) is 21.7 Å². The molecule has 0 atom stereocenters. The first kappa shape index (κ1) is 24.1. The molecule has 214 valence electrons. The Bertz CT molecular complexity index is 3020. The van der Waals surface area contributed by atoms with Gasteiger partial charge in [-0.1, -0.05) is 72.8 Å². The van der Waals surface area contributed by atoms with Crippen LogP contribution in [-0.2, 0) is 0 Å². The highest BCUT2D eigenvalue weighted by molar-refractivity contribution is 6.19. The van der Waals surface area contributed by atoms with E-state index in [0.717, 1.165) is 77.2 Å². The number of benzene rings is 7. The van der Waals surface area contributed by atoms with Crippen LogP contribution < -0.4 is 0 Å². The van der Waals surface area contributed by atoms with Gasteiger partial charge in [0, 0.05) is 60.5 Å². The number of aromatic nitrogens is 2. The van der Waals surface area contributed by atoms with Crippen molar-refractivity contribution in [3.05, 3.63) is 146 Å². The molecule has 0 saturated heterocycles. The fourth-order valence-corrected chi connectivity index (χ4v) is 7.69. The molecule has 11 rings (SSSR count). The fraction of sp³-hybridized carbons (Fsp3) is 0. The third kappa shape index (κ3) is 3.12. The largest absolute Gasteiger partial charge is 0.456 e. The molecule has 0 N–H and O–H groups in total. The summed E-state index contributed by atoms with van der Waals surface area (Å²) in [6.45, 7) is 0. The second-order valence-corrected chi connectivity index (χ2v) is 12.2. The number of rotatable bonds is 2. The van der Waals surface area contributed by atoms with Gasteiger partial charge in [0.1, 0.15) is 22.3 Å². The van der Waals surface area contributed by atoms with Crippen molar-refractivity contribution in [3.63, 3.8) is 0 Å². The molecule has 4 aromatic heterocycles. The van der Waals surface area contributed by atoms with Crippen LogP contribution in [0, 0.1) is 0 Å². The van der Waals surface area contributed by atoms with Crippen LogP contribution in [0.4, 0.5) is 0 Å². The number of hydrogen-bond donors (Lipinski definition) is 0. The Morgan fingerprint density at radius 1 is 0.283 bits per heavy atom. The Morgan fingerprint density at radius 3 is 1.61 bits per heavy atom. The Hall–Kier alpha value is -6.26. The molecule has 0 aliphatic carbocycles. The molecule has 0 radical (unpaired) electrons. The fourth-order valence-electron chi connectivity index (χ4n) is 7.69. The molecule has 0 bridgehead atoms. The lowest BCUT2D eigenvalue weighted by Crippen LogP contribution is -1.95. The molecule has 0 saturated carbocycles. The summed E-state index contributed by atoms with van der Waals surface area (Å²) in [5, 5.41) is 9.31. The average Bonchev–Trinajstić information content (AvgIpc) is 3.83. The van der Waals surface area contributed by atoms with E-state index in [2.05, 4.69) is 130 Å². The van der Waals surface area contributed by atoms with Crippen molar-refractivity contribution < 1.29 is 8.83 Å². The highest BCUT2D eigenvalue weighted by Gasteiger charge is 2.20. The topological polar surface area (TPSA) is 36.1 Å². The molecule has 4 heteroatoms. The summed E-state index contributed by atoms with van der Waals surface area (Å²) in [5.41, 5.74) is 10.4. The quantitative estimate of drug-likeness (QED) is 0.201. The van der Waals surface area contributed by atoms with E-state index in [0.29, 0.717) is 0 Å². The van der Waals surface area contributed by atoms with Crippen LogP contribution in [0.15, 0.2) is 154 Å². The third-order valence-electron chi connectivity index (χ3n) is 9.69. The normalized spacial score (nSPS) is 12.3. The van der Waals surface area contributed by atoms with Gasteiger partial charge < -0.3 is 18.0 Å². The molecule has 4 heterocycles. The van der Waals surface area contributed by atoms with Crippen LogP contribution in [-0.4, -0.2) is 9.13 Å². The zero-order chi connectivity index (χ0) is 29.9. The second-order valence-electron chi connectivity index (χ2n) is 12.2. The zero-order valence-electron chi connectivity index (χ0n) is 24.6. The Morgan fingerprint density at radius 2 is 0.826 bits per heavy atom. The van der Waals surface area contributed by atoms with Crippen LogP contribution >= 0.6 is 0 Å². The standard InChI is InChI=1S/C42H24N2O2/c1-2-10-25(11-3-1)43-36-19-18-26(20-30(36)32-23-41-34(22-37(32)43)29-14-6-9-17-40(29)45-41)44-35-15-7-4-12-27(35)31-21-33-28-13-5-8-16-39(28)46-42(33)24-38(31)44/h1-24H. The summed E-state index contributed by atoms with van der Waals surface area (Å²) in [4.78, 5) is 0. The van der Waals surface area contributed by atoms with Crippen molar-refractivity contribution in [1.29, 1.82) is 0 Å². The van der Waals surface area contributed by atoms with Gasteiger partial charge in [0.2, 0.25) is 0 Å². The Balaban J connectivity index is 1.25. The number of nitrogens with zero attached hydrogens (tertiary/aromatic N) is 2. The summed E-state index contributed by atoms with van der Waals surface area (Å²) in [6, 6.07) is 51.7. The predicted molar refractivity (Wildman–Crippen MR) is 190 cm³/mol. The van der Waals surface area contributed by atoms with Crippen LogP contribution in [0.1, 0.15) is 0 Å². The summed E-state index contributed by atoms with van der Waals surface area (Å²) in [7, 11) is 0. The number of para-hydroxylation sites is 4. The molecule has 7 aromatic carbocycles. The van der Waals surface area contributed by atoms with Gasteiger partial charge in [0.25, 0.3) is 0 Å². The van der Waals surface area contributed by atoms with Gasteiger partial charge in [0.05, 0.1) is 22.1 Å². The molecular weight excluding hydrogens is 564 g/mol. The van der Waals surface area contributed by atoms with Crippen LogP contribution in [0.5, 0.6) is 0 Å². The minimum atomic E-state index is 0.895. The number of furan rings is 2. The van der Waals surface area contributed by atoms with E-state index in [-0.39, 0.29) is 0 Å². The molecule has 0 spiro atoms. The zero-order valence-corrected chi connectivity index (χ0v) is 24.6. The van der Waals surface area contributed by atoms with Crippen molar-refractivity contribution in [2.75, 3.05) is 0 Å². The van der Waals surface area contributed by atoms with E-state index in [1.54, 1.807) is 0 Å². The molecule has 0 aliphatic rings. The maximum Gasteiger partial charge on any atom is 0.137 e. The van der Waals surface area contributed by atoms with Crippen molar-refractivity contribution >= 4 is 87.5 Å². The monoisotopic (exact) mass is 588 g/mol. The van der Waals surface area contributed by atoms with Gasteiger partial charge in [-0.05, 0) is 66.7 Å². The minimum Gasteiger partial charge on any atom is -0.456 e. The SMILES string of the molecule is c1ccc(-n2c3ccc(-n4c5ccccc5c5cc6c(cc54)oc4ccccc46)cc3c3cc4oc5ccccc5c4cc32)cc1. The molecule has 0 aliphatic heterocycles. The van der Waals surface area contributed by atoms with E-state index in [4.69, 9.17) is 8.83 Å². The lowest BCUT2D eigenvalue weighted by Gasteiger charge is -2.10. The number of fused-ring (bicyclic) bond motifs is 12. The third-order valence-corrected chi connectivity index (χ3v) is 9.69. The molecule has 4 nitrogen and oxygen atoms in total. The van der Waals surface area contributed by atoms with Gasteiger partial charge in [-0.3, -0.25) is 0 Å². The Kier molecular flexibility index (Phi) is 4.55. The summed E-state index contributed by atoms with van der Waals surface area (Å²) in [5.74, 6) is 0. The van der Waals surface area contributed by atoms with Crippen molar-refractivity contribution in [2.45, 2.75) is 0 Å². The molecule has 46 heavy (non-hydrogen) atoms. The van der Waals surface area contributed by atoms with Gasteiger partial charge >= 0.3 is 0 Å². The van der Waals surface area contributed by atoms with Gasteiger partial charge in [-0.15, -0.1) is 0 Å². The van der Waals surface area contributed by atoms with Gasteiger partial charge in [0.15, 0.2) is 0 Å². The number of hydrogen-bond acceptors (Lipinski definition) is 2. The Labute approximate surface area is 261 Å². The molecule has 0 unspecified atom stereocenters. The molecule has 0 amide bonds. The lowest BCUT2D eigenvalue weighted by molar-refractivity contribution is 0.669. The van der Waals surface area contributed by atoms with Crippen LogP contribution in [0.2, 0.25) is 0 Å². The van der Waals surface area contributed by atoms with Crippen LogP contribution in [0.25, 0.3) is 98.9 Å². The summed E-state index contributed by atoms with van der Waals surface area (Å²) >= 11 is 0. The average molecular weight is 589 g/mol. The maximum absolute atomic E-state index is 6.38. The second kappa shape index (κ2) is 8.68. The van der Waals surface area contributed by atoms with E-state index >= 15 is 0 Å². The van der Waals surface area contributed by atoms with E-state index in [1.807, 2.05) is 24.3 Å². The van der Waals surface area contributed by atoms with Crippen LogP contribution in [0.3, 0.4) is 0 Å². The maximum atomic E-state index is 6.38. The van der Waals surface area contributed by atoms with Gasteiger partial charge in [-0.2, -0.15) is 0 Å². The summed E-state index contributed by atoms with van der Waals surface area (Å²) < 4.78 is 17.5. The molecule has 0 fully saturated rings. The van der Waals surface area contributed by atoms with Crippen molar-refractivity contribution in [3.8, 4) is 11.4 Å². The minimum absolute atomic E-state index is 0.895. The van der Waals surface area contributed by atoms with Crippen molar-refractivity contribution in [1.82, 2.24) is 9.13 Å².